The van der Waals surface area contributed by atoms with E-state index < -0.39 is 33.1 Å². The fraction of sp³-hybridized carbons (Fsp3) is 0.364. The van der Waals surface area contributed by atoms with E-state index in [1.54, 1.807) is 6.92 Å². The van der Waals surface area contributed by atoms with Crippen molar-refractivity contribution >= 4 is 39.0 Å². The molecule has 0 atom stereocenters. The smallest absolute Gasteiger partial charge is 0.326 e. The molecule has 0 amide bonds. The third-order valence-corrected chi connectivity index (χ3v) is 3.83. The molecule has 0 bridgehead atoms. The molecule has 1 rings (SSSR count). The third kappa shape index (κ3) is 4.30. The predicted molar refractivity (Wildman–Crippen MR) is 76.9 cm³/mol. The SMILES string of the molecule is CCOC(=O)CN(c1cccc(Cl)c1[N+](=O)[O-])S(C)(=O)=O. The van der Waals surface area contributed by atoms with Gasteiger partial charge >= 0.3 is 11.7 Å². The van der Waals surface area contributed by atoms with Gasteiger partial charge in [0.15, 0.2) is 0 Å². The van der Waals surface area contributed by atoms with E-state index in [1.165, 1.54) is 18.2 Å². The number of rotatable bonds is 6. The lowest BCUT2D eigenvalue weighted by molar-refractivity contribution is -0.383. The number of para-hydroxylation sites is 1. The second-order valence-electron chi connectivity index (χ2n) is 3.94. The maximum atomic E-state index is 11.8. The monoisotopic (exact) mass is 336 g/mol. The molecule has 1 aromatic rings. The number of halogens is 1. The predicted octanol–water partition coefficient (Wildman–Crippen LogP) is 1.58. The quantitative estimate of drug-likeness (QED) is 0.443. The lowest BCUT2D eigenvalue weighted by Crippen LogP contribution is -2.36. The van der Waals surface area contributed by atoms with Crippen molar-refractivity contribution in [2.75, 3.05) is 23.7 Å². The van der Waals surface area contributed by atoms with Gasteiger partial charge in [-0.25, -0.2) is 8.42 Å². The molecular formula is C11H13ClN2O6S. The maximum Gasteiger partial charge on any atom is 0.326 e. The van der Waals surface area contributed by atoms with Gasteiger partial charge in [0.25, 0.3) is 0 Å². The molecule has 116 valence electrons. The molecule has 0 aliphatic carbocycles. The Hall–Kier alpha value is -1.87. The van der Waals surface area contributed by atoms with Crippen molar-refractivity contribution in [1.82, 2.24) is 0 Å². The van der Waals surface area contributed by atoms with Crippen LogP contribution in [-0.2, 0) is 19.6 Å². The zero-order valence-corrected chi connectivity index (χ0v) is 12.8. The highest BCUT2D eigenvalue weighted by molar-refractivity contribution is 7.92. The number of hydrogen-bond donors (Lipinski definition) is 0. The van der Waals surface area contributed by atoms with E-state index in [9.17, 15) is 23.3 Å². The van der Waals surface area contributed by atoms with Gasteiger partial charge in [-0.2, -0.15) is 0 Å². The third-order valence-electron chi connectivity index (χ3n) is 2.40. The summed E-state index contributed by atoms with van der Waals surface area (Å²) >= 11 is 5.74. The van der Waals surface area contributed by atoms with E-state index in [4.69, 9.17) is 11.6 Å². The second-order valence-corrected chi connectivity index (χ2v) is 6.25. The number of nitro benzene ring substituents is 1. The number of carbonyl (C=O) groups excluding carboxylic acids is 1. The van der Waals surface area contributed by atoms with Crippen LogP contribution in [-0.4, -0.2) is 38.7 Å². The fourth-order valence-corrected chi connectivity index (χ4v) is 2.67. The Kier molecular flexibility index (Phi) is 5.50. The largest absolute Gasteiger partial charge is 0.465 e. The first-order valence-electron chi connectivity index (χ1n) is 5.74. The van der Waals surface area contributed by atoms with E-state index >= 15 is 0 Å². The molecule has 0 aliphatic rings. The van der Waals surface area contributed by atoms with Gasteiger partial charge < -0.3 is 4.74 Å². The minimum atomic E-state index is -3.93. The minimum Gasteiger partial charge on any atom is -0.465 e. The number of sulfonamides is 1. The highest BCUT2D eigenvalue weighted by Gasteiger charge is 2.30. The molecule has 21 heavy (non-hydrogen) atoms. The van der Waals surface area contributed by atoms with Gasteiger partial charge in [0.2, 0.25) is 10.0 Å². The summed E-state index contributed by atoms with van der Waals surface area (Å²) in [5.41, 5.74) is -0.878. The first-order valence-corrected chi connectivity index (χ1v) is 7.97. The molecule has 0 unspecified atom stereocenters. The molecule has 0 aromatic heterocycles. The van der Waals surface area contributed by atoms with Crippen LogP contribution in [0.15, 0.2) is 18.2 Å². The van der Waals surface area contributed by atoms with Gasteiger partial charge in [-0.1, -0.05) is 17.7 Å². The van der Waals surface area contributed by atoms with Gasteiger partial charge in [-0.05, 0) is 19.1 Å². The summed E-state index contributed by atoms with van der Waals surface area (Å²) in [6.07, 6.45) is 0.830. The number of esters is 1. The number of ether oxygens (including phenoxy) is 1. The normalized spacial score (nSPS) is 11.0. The van der Waals surface area contributed by atoms with Crippen molar-refractivity contribution in [3.8, 4) is 0 Å². The zero-order valence-electron chi connectivity index (χ0n) is 11.3. The van der Waals surface area contributed by atoms with Gasteiger partial charge in [-0.15, -0.1) is 0 Å². The van der Waals surface area contributed by atoms with Crippen LogP contribution in [0, 0.1) is 10.1 Å². The zero-order chi connectivity index (χ0) is 16.2. The van der Waals surface area contributed by atoms with Crippen LogP contribution in [0.25, 0.3) is 0 Å². The molecule has 1 aromatic carbocycles. The molecule has 0 saturated heterocycles. The summed E-state index contributed by atoms with van der Waals surface area (Å²) in [4.78, 5) is 21.8. The van der Waals surface area contributed by atoms with E-state index in [-0.39, 0.29) is 17.3 Å². The summed E-state index contributed by atoms with van der Waals surface area (Å²) in [5.74, 6) is -0.822. The summed E-state index contributed by atoms with van der Waals surface area (Å²) < 4.78 is 28.9. The minimum absolute atomic E-state index is 0.0636. The van der Waals surface area contributed by atoms with Crippen LogP contribution < -0.4 is 4.31 Å². The summed E-state index contributed by atoms with van der Waals surface area (Å²) in [5, 5.41) is 10.8. The Morgan fingerprint density at radius 2 is 2.10 bits per heavy atom. The van der Waals surface area contributed by atoms with Crippen molar-refractivity contribution in [2.45, 2.75) is 6.92 Å². The lowest BCUT2D eigenvalue weighted by Gasteiger charge is -2.21. The fourth-order valence-electron chi connectivity index (χ4n) is 1.59. The van der Waals surface area contributed by atoms with Gasteiger partial charge in [0.05, 0.1) is 17.8 Å². The first-order chi connectivity index (χ1) is 9.68. The molecule has 0 N–H and O–H groups in total. The molecule has 0 spiro atoms. The standard InChI is InChI=1S/C11H13ClN2O6S/c1-3-20-10(15)7-13(21(2,18)19)9-6-4-5-8(12)11(9)14(16)17/h4-6H,3,7H2,1-2H3. The molecular weight excluding hydrogens is 324 g/mol. The van der Waals surface area contributed by atoms with Crippen LogP contribution >= 0.6 is 11.6 Å². The Morgan fingerprint density at radius 3 is 2.57 bits per heavy atom. The van der Waals surface area contributed by atoms with Crippen molar-refractivity contribution in [1.29, 1.82) is 0 Å². The Morgan fingerprint density at radius 1 is 1.48 bits per heavy atom. The van der Waals surface area contributed by atoms with Crippen molar-refractivity contribution in [2.24, 2.45) is 0 Å². The number of benzene rings is 1. The van der Waals surface area contributed by atoms with Gasteiger partial charge in [0, 0.05) is 0 Å². The Bertz CT molecular complexity index is 661. The second kappa shape index (κ2) is 6.72. The number of nitrogens with zero attached hydrogens (tertiary/aromatic N) is 2. The van der Waals surface area contributed by atoms with Gasteiger partial charge in [0.1, 0.15) is 17.3 Å². The van der Waals surface area contributed by atoms with E-state index in [2.05, 4.69) is 4.74 Å². The molecule has 0 aliphatic heterocycles. The molecule has 10 heteroatoms. The van der Waals surface area contributed by atoms with Crippen LogP contribution in [0.5, 0.6) is 0 Å². The highest BCUT2D eigenvalue weighted by atomic mass is 35.5. The first kappa shape index (κ1) is 17.2. The summed E-state index contributed by atoms with van der Waals surface area (Å²) in [6.45, 7) is 0.951. The Balaban J connectivity index is 3.38. The molecule has 0 radical (unpaired) electrons. The summed E-state index contributed by atoms with van der Waals surface area (Å²) in [6, 6.07) is 3.81. The van der Waals surface area contributed by atoms with Crippen molar-refractivity contribution in [3.05, 3.63) is 33.3 Å². The maximum absolute atomic E-state index is 11.8. The van der Waals surface area contributed by atoms with Crippen molar-refractivity contribution in [3.63, 3.8) is 0 Å². The molecule has 0 fully saturated rings. The Labute approximate surface area is 126 Å². The average Bonchev–Trinajstić information content (AvgIpc) is 2.34. The van der Waals surface area contributed by atoms with Crippen LogP contribution in [0.1, 0.15) is 6.92 Å². The number of nitro groups is 1. The van der Waals surface area contributed by atoms with E-state index in [0.29, 0.717) is 4.31 Å². The van der Waals surface area contributed by atoms with Gasteiger partial charge in [-0.3, -0.25) is 19.2 Å². The lowest BCUT2D eigenvalue weighted by atomic mass is 10.2. The molecule has 0 saturated carbocycles. The van der Waals surface area contributed by atoms with Crippen LogP contribution in [0.2, 0.25) is 5.02 Å². The van der Waals surface area contributed by atoms with Crippen LogP contribution in [0.3, 0.4) is 0 Å². The highest BCUT2D eigenvalue weighted by Crippen LogP contribution is 2.35. The van der Waals surface area contributed by atoms with Crippen molar-refractivity contribution < 1.29 is 22.9 Å². The number of hydrogen-bond acceptors (Lipinski definition) is 6. The summed E-state index contributed by atoms with van der Waals surface area (Å²) in [7, 11) is -3.93. The van der Waals surface area contributed by atoms with E-state index in [0.717, 1.165) is 6.26 Å². The average molecular weight is 337 g/mol. The topological polar surface area (TPSA) is 107 Å². The molecule has 0 heterocycles. The molecule has 8 nitrogen and oxygen atoms in total. The number of carbonyl (C=O) groups is 1. The van der Waals surface area contributed by atoms with Crippen LogP contribution in [0.4, 0.5) is 11.4 Å². The van der Waals surface area contributed by atoms with E-state index in [1.807, 2.05) is 0 Å². The number of anilines is 1.